The Kier molecular flexibility index (Phi) is 8.79. The normalized spacial score (nSPS) is 50.2. The van der Waals surface area contributed by atoms with E-state index >= 15 is 0 Å². The zero-order valence-electron chi connectivity index (χ0n) is 28.3. The van der Waals surface area contributed by atoms with E-state index in [1.807, 2.05) is 0 Å². The van der Waals surface area contributed by atoms with Gasteiger partial charge in [0.15, 0.2) is 0 Å². The van der Waals surface area contributed by atoms with Crippen molar-refractivity contribution in [3.8, 4) is 0 Å². The Morgan fingerprint density at radius 2 is 1.44 bits per heavy atom. The number of fused-ring (bicyclic) bond motifs is 5. The van der Waals surface area contributed by atoms with Crippen LogP contribution in [0.4, 0.5) is 0 Å². The van der Waals surface area contributed by atoms with Crippen LogP contribution in [0.1, 0.15) is 159 Å². The highest BCUT2D eigenvalue weighted by Gasteiger charge is 2.60. The summed E-state index contributed by atoms with van der Waals surface area (Å²) in [6, 6.07) is 0. The van der Waals surface area contributed by atoms with Crippen molar-refractivity contribution in [2.75, 3.05) is 0 Å². The lowest BCUT2D eigenvalue weighted by molar-refractivity contribution is -0.121. The summed E-state index contributed by atoms with van der Waals surface area (Å²) < 4.78 is 0. The molecular weight excluding hydrogens is 468 g/mol. The third-order valence-corrected chi connectivity index (χ3v) is 16.6. The average molecular weight is 539 g/mol. The first-order valence-electron chi connectivity index (χ1n) is 18.3. The van der Waals surface area contributed by atoms with E-state index in [0.717, 1.165) is 71.0 Å². The summed E-state index contributed by atoms with van der Waals surface area (Å²) in [5.74, 6) is 11.6. The largest absolute Gasteiger partial charge is 0.0625 e. The molecule has 0 amide bonds. The van der Waals surface area contributed by atoms with Crippen LogP contribution < -0.4 is 0 Å². The molecule has 5 fully saturated rings. The van der Waals surface area contributed by atoms with E-state index in [1.54, 1.807) is 64.2 Å². The van der Waals surface area contributed by atoms with E-state index in [9.17, 15) is 0 Å². The summed E-state index contributed by atoms with van der Waals surface area (Å²) in [4.78, 5) is 0. The number of hydrogen-bond donors (Lipinski definition) is 0. The van der Waals surface area contributed by atoms with Crippen molar-refractivity contribution in [1.29, 1.82) is 0 Å². The van der Waals surface area contributed by atoms with E-state index < -0.39 is 0 Å². The van der Waals surface area contributed by atoms with Crippen molar-refractivity contribution in [2.24, 2.45) is 87.3 Å². The van der Waals surface area contributed by atoms with Gasteiger partial charge in [-0.3, -0.25) is 0 Å². The molecule has 0 N–H and O–H groups in total. The summed E-state index contributed by atoms with van der Waals surface area (Å²) in [5.41, 5.74) is 1.84. The molecule has 5 saturated carbocycles. The van der Waals surface area contributed by atoms with Gasteiger partial charge in [0.2, 0.25) is 0 Å². The highest BCUT2D eigenvalue weighted by atomic mass is 14.6. The van der Waals surface area contributed by atoms with E-state index in [2.05, 4.69) is 69.2 Å². The van der Waals surface area contributed by atoms with Crippen LogP contribution in [0, 0.1) is 87.3 Å². The monoisotopic (exact) mass is 539 g/mol. The lowest BCUT2D eigenvalue weighted by Gasteiger charge is -2.61. The van der Waals surface area contributed by atoms with Gasteiger partial charge < -0.3 is 0 Å². The van der Waals surface area contributed by atoms with Crippen LogP contribution in [0.15, 0.2) is 0 Å². The zero-order chi connectivity index (χ0) is 28.3. The Morgan fingerprint density at radius 1 is 0.744 bits per heavy atom. The predicted molar refractivity (Wildman–Crippen MR) is 171 cm³/mol. The molecule has 0 spiro atoms. The first kappa shape index (κ1) is 30.5. The van der Waals surface area contributed by atoms with Crippen molar-refractivity contribution in [1.82, 2.24) is 0 Å². The minimum Gasteiger partial charge on any atom is -0.0625 e. The number of rotatable bonds is 7. The van der Waals surface area contributed by atoms with Crippen LogP contribution in [0.5, 0.6) is 0 Å². The molecule has 0 aromatic rings. The fourth-order valence-electron chi connectivity index (χ4n) is 12.4. The maximum atomic E-state index is 2.81. The van der Waals surface area contributed by atoms with E-state index in [1.165, 1.54) is 25.7 Å². The van der Waals surface area contributed by atoms with Gasteiger partial charge in [-0.2, -0.15) is 0 Å². The fourth-order valence-corrected chi connectivity index (χ4v) is 12.4. The van der Waals surface area contributed by atoms with Crippen LogP contribution in [0.25, 0.3) is 0 Å². The summed E-state index contributed by atoms with van der Waals surface area (Å²) in [5, 5.41) is 0. The van der Waals surface area contributed by atoms with E-state index in [-0.39, 0.29) is 0 Å². The van der Waals surface area contributed by atoms with E-state index in [4.69, 9.17) is 0 Å². The lowest BCUT2D eigenvalue weighted by atomic mass is 9.44. The maximum absolute atomic E-state index is 2.81. The van der Waals surface area contributed by atoms with Crippen molar-refractivity contribution < 1.29 is 0 Å². The first-order valence-corrected chi connectivity index (χ1v) is 18.3. The quantitative estimate of drug-likeness (QED) is 0.302. The second kappa shape index (κ2) is 11.3. The fraction of sp³-hybridized carbons (Fsp3) is 1.00. The summed E-state index contributed by atoms with van der Waals surface area (Å²) >= 11 is 0. The van der Waals surface area contributed by atoms with Crippen molar-refractivity contribution >= 4 is 0 Å². The van der Waals surface area contributed by atoms with Gasteiger partial charge in [-0.1, -0.05) is 82.1 Å². The van der Waals surface area contributed by atoms with Crippen LogP contribution in [-0.2, 0) is 0 Å². The zero-order valence-corrected chi connectivity index (χ0v) is 28.3. The first-order chi connectivity index (χ1) is 18.3. The molecule has 0 radical (unpaired) electrons. The summed E-state index contributed by atoms with van der Waals surface area (Å²) in [6.07, 6.45) is 21.6. The molecule has 226 valence electrons. The van der Waals surface area contributed by atoms with Gasteiger partial charge in [0, 0.05) is 0 Å². The van der Waals surface area contributed by atoms with E-state index in [0.29, 0.717) is 16.2 Å². The molecule has 0 aromatic carbocycles. The highest BCUT2D eigenvalue weighted by Crippen LogP contribution is 2.68. The molecule has 0 heteroatoms. The molecule has 5 aliphatic carbocycles. The average Bonchev–Trinajstić information content (AvgIpc) is 3.22. The van der Waals surface area contributed by atoms with Gasteiger partial charge in [0.1, 0.15) is 0 Å². The Bertz CT molecular complexity index is 822. The van der Waals surface area contributed by atoms with Crippen LogP contribution in [0.2, 0.25) is 0 Å². The minimum atomic E-state index is 0.515. The highest BCUT2D eigenvalue weighted by molar-refractivity contribution is 5.09. The molecule has 0 aliphatic heterocycles. The van der Waals surface area contributed by atoms with Gasteiger partial charge in [-0.15, -0.1) is 0 Å². The van der Waals surface area contributed by atoms with Crippen molar-refractivity contribution in [3.63, 3.8) is 0 Å². The predicted octanol–water partition coefficient (Wildman–Crippen LogP) is 12.1. The minimum absolute atomic E-state index is 0.515. The standard InChI is InChI=1S/C39H70/c1-25(2)26(3)12-11-13-32-15-17-35-34-16-14-33-24-30(18-20-39(33,10)36(34)19-21-38(32,35)9)23-31-22-27(4)37(7,8)29(6)28(31)5/h25-36H,11-24H2,1-10H3. The molecule has 0 bridgehead atoms. The Hall–Kier alpha value is 0. The van der Waals surface area contributed by atoms with Gasteiger partial charge >= 0.3 is 0 Å². The maximum Gasteiger partial charge on any atom is -0.0266 e. The third-order valence-electron chi connectivity index (χ3n) is 16.6. The molecule has 0 saturated heterocycles. The molecule has 0 heterocycles. The number of hydrogen-bond acceptors (Lipinski definition) is 0. The Morgan fingerprint density at radius 3 is 2.15 bits per heavy atom. The molecule has 0 nitrogen and oxygen atoms in total. The van der Waals surface area contributed by atoms with Gasteiger partial charge in [0.05, 0.1) is 0 Å². The van der Waals surface area contributed by atoms with Crippen LogP contribution in [-0.4, -0.2) is 0 Å². The molecule has 13 atom stereocenters. The molecule has 39 heavy (non-hydrogen) atoms. The van der Waals surface area contributed by atoms with Crippen LogP contribution >= 0.6 is 0 Å². The van der Waals surface area contributed by atoms with Gasteiger partial charge in [0.25, 0.3) is 0 Å². The molecule has 5 aliphatic rings. The van der Waals surface area contributed by atoms with Crippen molar-refractivity contribution in [3.05, 3.63) is 0 Å². The summed E-state index contributed by atoms with van der Waals surface area (Å²) in [7, 11) is 0. The second-order valence-corrected chi connectivity index (χ2v) is 18.4. The van der Waals surface area contributed by atoms with Gasteiger partial charge in [-0.05, 0) is 164 Å². The third kappa shape index (κ3) is 5.34. The SMILES string of the molecule is CC(C)C(C)CCCC1CCC2C3CCC4CC(CC5CC(C)C(C)(C)C(C)C5C)CCC4(C)C3CCC12C. The molecule has 5 rings (SSSR count). The Labute approximate surface area is 246 Å². The second-order valence-electron chi connectivity index (χ2n) is 18.4. The molecule has 13 unspecified atom stereocenters. The van der Waals surface area contributed by atoms with Crippen molar-refractivity contribution in [2.45, 2.75) is 159 Å². The molecule has 0 aromatic heterocycles. The Balaban J connectivity index is 1.19. The summed E-state index contributed by atoms with van der Waals surface area (Å²) in [6.45, 7) is 25.8. The molecular formula is C39H70. The smallest absolute Gasteiger partial charge is 0.0266 e. The van der Waals surface area contributed by atoms with Crippen LogP contribution in [0.3, 0.4) is 0 Å². The van der Waals surface area contributed by atoms with Gasteiger partial charge in [-0.25, -0.2) is 0 Å². The topological polar surface area (TPSA) is 0 Å². The lowest BCUT2D eigenvalue weighted by Crippen LogP contribution is -2.53.